The summed E-state index contributed by atoms with van der Waals surface area (Å²) in [5, 5.41) is 88.3. The number of nitrogens with two attached hydrogens (primary N) is 2. The van der Waals surface area contributed by atoms with Crippen LogP contribution in [0.2, 0.25) is 0 Å². The minimum absolute atomic E-state index is 0.0135. The number of allylic oxidation sites excluding steroid dienone is 3. The number of ketones is 2. The van der Waals surface area contributed by atoms with Crippen molar-refractivity contribution in [2.75, 3.05) is 13.2 Å². The third-order valence-corrected chi connectivity index (χ3v) is 22.2. The van der Waals surface area contributed by atoms with Crippen LogP contribution in [-0.2, 0) is 25.5 Å². The number of aliphatic imine (C=N–C) groups is 1. The average molecular weight is 1100 g/mol. The number of aliphatic hydroxyl groups excluding tert-OH is 4. The Morgan fingerprint density at radius 3 is 2.44 bits per heavy atom. The Bertz CT molecular complexity index is 2780. The summed E-state index contributed by atoms with van der Waals surface area (Å²) < 4.78 is 6.28. The van der Waals surface area contributed by atoms with Crippen molar-refractivity contribution in [3.8, 4) is 17.6 Å². The van der Waals surface area contributed by atoms with Crippen LogP contribution in [0.15, 0.2) is 70.6 Å². The molecule has 2 aromatic rings. The SMILES string of the molecule is CC[C@@H]1OC(=O)[C@@H](c2cc[nH]c2)[C@H]1[C@@H]1C#CC[C@H]2C[C@@]3(O)C4=C(N[C@@H](CO)C(=O)CCc5ccc(O)cc5)C(=O)[C@@H]5C[C@@H](O)[C@@H](O)C[C@]5(C)[C@H]4CC[C@]3(CCN=C(N)N)[C@H]2[C@@](C)(O)[C@H](O)C[C@@H](C)[C@@H]2CC=C3CC[C@H](C)C[C@@H]3[C@H]2C1. The number of carbonyl (C=O) groups is 3. The fraction of sp³-hybridized carbons (Fsp3) is 0.688. The van der Waals surface area contributed by atoms with Crippen LogP contribution in [-0.4, -0.2) is 119 Å². The predicted octanol–water partition coefficient (Wildman–Crippen LogP) is 5.86. The number of benzene rings is 1. The molecule has 80 heavy (non-hydrogen) atoms. The van der Waals surface area contributed by atoms with Crippen molar-refractivity contribution in [1.29, 1.82) is 0 Å². The second-order valence-electron chi connectivity index (χ2n) is 26.6. The van der Waals surface area contributed by atoms with Gasteiger partial charge in [0.2, 0.25) is 0 Å². The molecule has 0 spiro atoms. The maximum absolute atomic E-state index is 15.7. The standard InChI is InChI=1S/C64H89N5O11/c1-6-51-53(54(59(77)80-51)40-21-24-67-32-40)38-8-7-9-39-30-64(79)55-45(61(4)31-50(74)49(73)29-46(61)57(76)56(55)69-47(33-70)48(72)19-13-36-11-16-41(71)17-12-36)20-22-63(64,23-25-68-60(65)66)58(39)62(5,78)52(75)27-35(3)42-18-15-37-14-10-34(2)26-43(37)44(42)28-38/h11-12,15-17,21,24,32,34-35,38-39,42-47,49-54,58,67,69-71,73-75,78-79H,6,9-10,13-14,18-20,22-23,25-31,33H2,1-5H3,(H4,65,66,68)/t34-,35+,38+,39-,42-,43-,44-,45-,46-,47-,49+,50-,51-,52+,53-,54-,58+,61+,62-,63-,64+/m0/s1. The Hall–Kier alpha value is -5.02. The van der Waals surface area contributed by atoms with Crippen LogP contribution in [0.3, 0.4) is 0 Å². The molecule has 1 saturated heterocycles. The molecule has 2 heterocycles. The summed E-state index contributed by atoms with van der Waals surface area (Å²) in [5.41, 5.74) is 9.41. The molecule has 16 nitrogen and oxygen atoms in total. The van der Waals surface area contributed by atoms with Crippen LogP contribution in [0.4, 0.5) is 0 Å². The van der Waals surface area contributed by atoms with Crippen LogP contribution < -0.4 is 16.8 Å². The number of aromatic amines is 1. The minimum Gasteiger partial charge on any atom is -0.508 e. The van der Waals surface area contributed by atoms with Crippen molar-refractivity contribution in [3.05, 3.63) is 76.8 Å². The number of cyclic esters (lactones) is 1. The highest BCUT2D eigenvalue weighted by Crippen LogP contribution is 2.72. The number of fused-ring (bicyclic) bond motifs is 10. The van der Waals surface area contributed by atoms with Crippen LogP contribution in [0.5, 0.6) is 5.75 Å². The number of rotatable bonds is 13. The van der Waals surface area contributed by atoms with Gasteiger partial charge in [-0.2, -0.15) is 0 Å². The lowest BCUT2D eigenvalue weighted by molar-refractivity contribution is -0.190. The lowest BCUT2D eigenvalue weighted by atomic mass is 9.44. The van der Waals surface area contributed by atoms with E-state index in [9.17, 15) is 45.3 Å². The van der Waals surface area contributed by atoms with E-state index >= 15 is 4.79 Å². The largest absolute Gasteiger partial charge is 0.508 e. The Labute approximate surface area is 471 Å². The molecular weight excluding hydrogens is 1010 g/mol. The number of hydrogen-bond acceptors (Lipinski definition) is 13. The lowest BCUT2D eigenvalue weighted by Crippen LogP contribution is -2.66. The summed E-state index contributed by atoms with van der Waals surface area (Å²) in [6.45, 7) is 9.57. The van der Waals surface area contributed by atoms with Crippen molar-refractivity contribution in [2.24, 2.45) is 92.4 Å². The van der Waals surface area contributed by atoms with Crippen LogP contribution >= 0.6 is 0 Å². The van der Waals surface area contributed by atoms with Gasteiger partial charge in [-0.3, -0.25) is 19.4 Å². The average Bonchev–Trinajstić information content (AvgIpc) is 3.60. The maximum Gasteiger partial charge on any atom is 0.314 e. The number of Topliss-reactive ketones (excluding diaryl/α,β-unsaturated/α-hetero) is 2. The van der Waals surface area contributed by atoms with Crippen molar-refractivity contribution in [1.82, 2.24) is 10.3 Å². The van der Waals surface area contributed by atoms with Gasteiger partial charge >= 0.3 is 5.97 Å². The van der Waals surface area contributed by atoms with Crippen molar-refractivity contribution in [3.63, 3.8) is 0 Å². The van der Waals surface area contributed by atoms with Crippen molar-refractivity contribution >= 4 is 23.5 Å². The maximum atomic E-state index is 15.7. The van der Waals surface area contributed by atoms with Crippen LogP contribution in [0.1, 0.15) is 148 Å². The molecule has 16 heteroatoms. The van der Waals surface area contributed by atoms with E-state index in [0.29, 0.717) is 49.5 Å². The number of aromatic nitrogens is 1. The number of guanidine groups is 1. The number of esters is 1. The molecule has 7 aliphatic carbocycles. The number of aliphatic hydroxyl groups is 6. The predicted molar refractivity (Wildman–Crippen MR) is 302 cm³/mol. The lowest BCUT2D eigenvalue weighted by Gasteiger charge is -2.62. The highest BCUT2D eigenvalue weighted by Gasteiger charge is 2.74. The number of nitrogens with one attached hydrogen (secondary N) is 2. The van der Waals surface area contributed by atoms with Gasteiger partial charge < -0.3 is 62.3 Å². The van der Waals surface area contributed by atoms with E-state index in [1.165, 1.54) is 17.7 Å². The topological polar surface area (TPSA) is 294 Å². The molecule has 1 aliphatic heterocycles. The molecule has 0 bridgehead atoms. The van der Waals surface area contributed by atoms with Gasteiger partial charge in [0, 0.05) is 60.9 Å². The molecule has 0 radical (unpaired) electrons. The van der Waals surface area contributed by atoms with E-state index in [4.69, 9.17) is 16.2 Å². The van der Waals surface area contributed by atoms with Crippen molar-refractivity contribution < 1.29 is 54.9 Å². The Morgan fingerprint density at radius 1 is 0.975 bits per heavy atom. The van der Waals surface area contributed by atoms with Gasteiger partial charge in [-0.25, -0.2) is 0 Å². The normalized spacial score (nSPS) is 41.9. The Morgan fingerprint density at radius 2 is 1.74 bits per heavy atom. The third kappa shape index (κ3) is 10.2. The highest BCUT2D eigenvalue weighted by atomic mass is 16.6. The molecule has 8 aliphatic rings. The zero-order valence-corrected chi connectivity index (χ0v) is 47.5. The smallest absolute Gasteiger partial charge is 0.314 e. The number of nitrogens with zero attached hydrogens (tertiary/aromatic N) is 1. The number of carbonyl (C=O) groups excluding carboxylic acids is 3. The Kier molecular flexibility index (Phi) is 16.5. The molecule has 4 saturated carbocycles. The number of hydrogen-bond donors (Lipinski definition) is 11. The number of aryl methyl sites for hydroxylation is 1. The molecule has 436 valence electrons. The van der Waals surface area contributed by atoms with E-state index < -0.39 is 88.4 Å². The fourth-order valence-corrected chi connectivity index (χ4v) is 18.3. The van der Waals surface area contributed by atoms with E-state index in [1.54, 1.807) is 19.1 Å². The molecular formula is C64H89N5O11. The first-order chi connectivity index (χ1) is 38.1. The summed E-state index contributed by atoms with van der Waals surface area (Å²) in [6, 6.07) is 7.17. The molecule has 0 unspecified atom stereocenters. The monoisotopic (exact) mass is 1100 g/mol. The molecule has 1 aromatic heterocycles. The quantitative estimate of drug-likeness (QED) is 0.0369. The molecule has 21 atom stereocenters. The summed E-state index contributed by atoms with van der Waals surface area (Å²) in [6.07, 6.45) is 8.96. The number of aromatic hydroxyl groups is 1. The van der Waals surface area contributed by atoms with Gasteiger partial charge in [0.1, 0.15) is 17.9 Å². The summed E-state index contributed by atoms with van der Waals surface area (Å²) in [7, 11) is 0. The first kappa shape index (κ1) is 58.2. The molecule has 1 aromatic carbocycles. The van der Waals surface area contributed by atoms with Gasteiger partial charge in [-0.15, -0.1) is 5.92 Å². The number of ether oxygens (including phenoxy) is 1. The summed E-state index contributed by atoms with van der Waals surface area (Å²) in [5.74, 6) is 3.41. The van der Waals surface area contributed by atoms with Crippen LogP contribution in [0.25, 0.3) is 0 Å². The number of phenolic OH excluding ortho intramolecular Hbond substituents is 1. The first-order valence-electron chi connectivity index (χ1n) is 30.1. The van der Waals surface area contributed by atoms with Gasteiger partial charge in [0.05, 0.1) is 47.7 Å². The molecule has 13 N–H and O–H groups in total. The van der Waals surface area contributed by atoms with E-state index in [1.807, 2.05) is 25.4 Å². The second kappa shape index (κ2) is 22.6. The molecule has 5 fully saturated rings. The van der Waals surface area contributed by atoms with Gasteiger partial charge in [-0.1, -0.05) is 57.4 Å². The summed E-state index contributed by atoms with van der Waals surface area (Å²) in [4.78, 5) is 51.8. The van der Waals surface area contributed by atoms with E-state index in [-0.39, 0.29) is 116 Å². The zero-order valence-electron chi connectivity index (χ0n) is 47.5. The molecule has 0 amide bonds. The first-order valence-corrected chi connectivity index (χ1v) is 30.1. The fourth-order valence-electron chi connectivity index (χ4n) is 18.3. The minimum atomic E-state index is -1.95. The van der Waals surface area contributed by atoms with Gasteiger partial charge in [0.15, 0.2) is 17.5 Å². The van der Waals surface area contributed by atoms with E-state index in [0.717, 1.165) is 36.8 Å². The highest BCUT2D eigenvalue weighted by molar-refractivity contribution is 6.01. The summed E-state index contributed by atoms with van der Waals surface area (Å²) >= 11 is 0. The number of H-pyrrole nitrogens is 1. The van der Waals surface area contributed by atoms with Gasteiger partial charge in [0.25, 0.3) is 0 Å². The van der Waals surface area contributed by atoms with Crippen molar-refractivity contribution in [2.45, 2.75) is 185 Å². The Balaban J connectivity index is 1.14. The van der Waals surface area contributed by atoms with Gasteiger partial charge in [-0.05, 0) is 179 Å². The second-order valence-corrected chi connectivity index (χ2v) is 26.6. The van der Waals surface area contributed by atoms with Crippen LogP contribution in [0, 0.1) is 87.8 Å². The third-order valence-electron chi connectivity index (χ3n) is 22.2. The molecule has 10 rings (SSSR count). The van der Waals surface area contributed by atoms with E-state index in [2.05, 4.69) is 54.0 Å². The number of phenols is 1. The zero-order chi connectivity index (χ0) is 57.2.